The molecule has 1 amide bonds. The van der Waals surface area contributed by atoms with Crippen molar-refractivity contribution in [3.63, 3.8) is 0 Å². The van der Waals surface area contributed by atoms with Crippen LogP contribution in [0.5, 0.6) is 11.5 Å². The van der Waals surface area contributed by atoms with E-state index in [4.69, 9.17) is 4.74 Å². The van der Waals surface area contributed by atoms with Gasteiger partial charge in [0.1, 0.15) is 16.9 Å². The third-order valence-electron chi connectivity index (χ3n) is 3.86. The number of nitrogens with zero attached hydrogens (tertiary/aromatic N) is 1. The number of phenols is 1. The molecule has 0 radical (unpaired) electrons. The lowest BCUT2D eigenvalue weighted by Crippen LogP contribution is -2.28. The maximum atomic E-state index is 13.0. The molecule has 1 unspecified atom stereocenters. The molecule has 1 aliphatic heterocycles. The first-order valence-electron chi connectivity index (χ1n) is 7.27. The van der Waals surface area contributed by atoms with E-state index in [0.717, 1.165) is 12.1 Å². The lowest BCUT2D eigenvalue weighted by Gasteiger charge is -2.24. The zero-order valence-electron chi connectivity index (χ0n) is 13.3. The Morgan fingerprint density at radius 3 is 2.56 bits per heavy atom. The Hall–Kier alpha value is -2.35. The predicted molar refractivity (Wildman–Crippen MR) is 87.9 cm³/mol. The molecular formula is C17H14F3NO3S. The normalized spacial score (nSPS) is 16.7. The van der Waals surface area contributed by atoms with Crippen molar-refractivity contribution >= 4 is 23.4 Å². The lowest BCUT2D eigenvalue weighted by atomic mass is 10.1. The molecule has 0 saturated heterocycles. The van der Waals surface area contributed by atoms with Gasteiger partial charge in [-0.1, -0.05) is 11.8 Å². The van der Waals surface area contributed by atoms with Gasteiger partial charge in [-0.3, -0.25) is 9.69 Å². The van der Waals surface area contributed by atoms with Crippen molar-refractivity contribution in [2.75, 3.05) is 12.0 Å². The molecule has 8 heteroatoms. The van der Waals surface area contributed by atoms with E-state index in [1.54, 1.807) is 12.1 Å². The summed E-state index contributed by atoms with van der Waals surface area (Å²) in [4.78, 5) is 13.9. The number of rotatable bonds is 2. The second kappa shape index (κ2) is 6.18. The van der Waals surface area contributed by atoms with Crippen molar-refractivity contribution in [1.29, 1.82) is 0 Å². The van der Waals surface area contributed by atoms with Crippen LogP contribution >= 0.6 is 11.8 Å². The van der Waals surface area contributed by atoms with Crippen LogP contribution in [0.1, 0.15) is 23.4 Å². The number of hydrogen-bond donors (Lipinski definition) is 1. The van der Waals surface area contributed by atoms with E-state index in [2.05, 4.69) is 0 Å². The van der Waals surface area contributed by atoms with Crippen molar-refractivity contribution in [3.8, 4) is 11.5 Å². The summed E-state index contributed by atoms with van der Waals surface area (Å²) in [6.45, 7) is 1.28. The molecule has 1 heterocycles. The monoisotopic (exact) mass is 369 g/mol. The van der Waals surface area contributed by atoms with E-state index in [-0.39, 0.29) is 11.4 Å². The topological polar surface area (TPSA) is 49.8 Å². The molecule has 132 valence electrons. The largest absolute Gasteiger partial charge is 0.508 e. The summed E-state index contributed by atoms with van der Waals surface area (Å²) in [7, 11) is 1.46. The fourth-order valence-corrected chi connectivity index (χ4v) is 4.02. The average molecular weight is 369 g/mol. The van der Waals surface area contributed by atoms with E-state index in [9.17, 15) is 23.1 Å². The van der Waals surface area contributed by atoms with Crippen LogP contribution in [0.4, 0.5) is 18.9 Å². The number of carbonyl (C=O) groups excluding carboxylic acids is 1. The minimum atomic E-state index is -4.50. The summed E-state index contributed by atoms with van der Waals surface area (Å²) in [5, 5.41) is 9.49. The molecule has 4 nitrogen and oxygen atoms in total. The van der Waals surface area contributed by atoms with Crippen molar-refractivity contribution in [1.82, 2.24) is 0 Å². The van der Waals surface area contributed by atoms with Gasteiger partial charge in [-0.05, 0) is 36.4 Å². The highest BCUT2D eigenvalue weighted by atomic mass is 32.2. The van der Waals surface area contributed by atoms with Crippen molar-refractivity contribution in [2.45, 2.75) is 23.4 Å². The Bertz CT molecular complexity index is 838. The Morgan fingerprint density at radius 1 is 1.24 bits per heavy atom. The first kappa shape index (κ1) is 17.5. The number of halogens is 3. The second-order valence-corrected chi connectivity index (χ2v) is 6.59. The van der Waals surface area contributed by atoms with E-state index >= 15 is 0 Å². The number of benzene rings is 2. The number of thioether (sulfide) groups is 1. The van der Waals surface area contributed by atoms with E-state index in [1.165, 1.54) is 42.8 Å². The van der Waals surface area contributed by atoms with Gasteiger partial charge in [-0.2, -0.15) is 13.2 Å². The zero-order chi connectivity index (χ0) is 18.4. The van der Waals surface area contributed by atoms with Gasteiger partial charge in [0.2, 0.25) is 5.91 Å². The number of aromatic hydroxyl groups is 1. The summed E-state index contributed by atoms with van der Waals surface area (Å²) in [6, 6.07) is 7.84. The van der Waals surface area contributed by atoms with Gasteiger partial charge in [0.05, 0.1) is 18.4 Å². The Morgan fingerprint density at radius 2 is 1.96 bits per heavy atom. The molecule has 0 aromatic heterocycles. The number of anilines is 1. The maximum Gasteiger partial charge on any atom is 0.416 e. The molecule has 1 N–H and O–H groups in total. The predicted octanol–water partition coefficient (Wildman–Crippen LogP) is 4.58. The molecular weight excluding hydrogens is 355 g/mol. The summed E-state index contributed by atoms with van der Waals surface area (Å²) in [5.41, 5.74) is -0.252. The smallest absolute Gasteiger partial charge is 0.416 e. The highest BCUT2D eigenvalue weighted by Gasteiger charge is 2.39. The third kappa shape index (κ3) is 3.13. The van der Waals surface area contributed by atoms with Crippen molar-refractivity contribution in [2.24, 2.45) is 0 Å². The van der Waals surface area contributed by atoms with Crippen LogP contribution in [-0.2, 0) is 11.0 Å². The van der Waals surface area contributed by atoms with Crippen LogP contribution in [0, 0.1) is 0 Å². The number of phenolic OH excluding ortho intramolecular Hbond substituents is 1. The number of methoxy groups -OCH3 is 1. The molecule has 0 spiro atoms. The second-order valence-electron chi connectivity index (χ2n) is 5.46. The summed E-state index contributed by atoms with van der Waals surface area (Å²) in [6.07, 6.45) is -4.50. The average Bonchev–Trinajstić information content (AvgIpc) is 2.92. The van der Waals surface area contributed by atoms with Crippen molar-refractivity contribution in [3.05, 3.63) is 47.5 Å². The van der Waals surface area contributed by atoms with E-state index in [1.807, 2.05) is 0 Å². The molecule has 1 aliphatic rings. The molecule has 2 aromatic rings. The first-order valence-corrected chi connectivity index (χ1v) is 8.15. The highest BCUT2D eigenvalue weighted by Crippen LogP contribution is 2.54. The number of hydrogen-bond acceptors (Lipinski definition) is 4. The van der Waals surface area contributed by atoms with Gasteiger partial charge in [-0.15, -0.1) is 0 Å². The van der Waals surface area contributed by atoms with Gasteiger partial charge in [-0.25, -0.2) is 0 Å². The van der Waals surface area contributed by atoms with Crippen molar-refractivity contribution < 1.29 is 27.8 Å². The Balaban J connectivity index is 2.10. The van der Waals surface area contributed by atoms with Crippen LogP contribution in [-0.4, -0.2) is 18.1 Å². The van der Waals surface area contributed by atoms with Gasteiger partial charge in [0.15, 0.2) is 0 Å². The molecule has 3 rings (SSSR count). The minimum Gasteiger partial charge on any atom is -0.508 e. The minimum absolute atomic E-state index is 0.0617. The van der Waals surface area contributed by atoms with Crippen LogP contribution in [0.25, 0.3) is 0 Å². The lowest BCUT2D eigenvalue weighted by molar-refractivity contribution is -0.137. The van der Waals surface area contributed by atoms with Crippen LogP contribution < -0.4 is 9.64 Å². The quantitative estimate of drug-likeness (QED) is 0.842. The van der Waals surface area contributed by atoms with Gasteiger partial charge >= 0.3 is 6.18 Å². The molecule has 0 fully saturated rings. The third-order valence-corrected chi connectivity index (χ3v) is 5.15. The SMILES string of the molecule is COc1ccc(O)c(C2Sc3ccc(C(F)(F)F)cc3N2C(C)=O)c1. The maximum absolute atomic E-state index is 13.0. The number of amides is 1. The fourth-order valence-electron chi connectivity index (χ4n) is 2.68. The van der Waals surface area contributed by atoms with Crippen LogP contribution in [0.2, 0.25) is 0 Å². The molecule has 0 saturated carbocycles. The molecule has 2 aromatic carbocycles. The highest BCUT2D eigenvalue weighted by molar-refractivity contribution is 8.00. The first-order chi connectivity index (χ1) is 11.7. The molecule has 25 heavy (non-hydrogen) atoms. The molecule has 0 aliphatic carbocycles. The van der Waals surface area contributed by atoms with E-state index in [0.29, 0.717) is 16.2 Å². The van der Waals surface area contributed by atoms with Gasteiger partial charge in [0.25, 0.3) is 0 Å². The van der Waals surface area contributed by atoms with E-state index < -0.39 is 23.0 Å². The van der Waals surface area contributed by atoms with Crippen LogP contribution in [0.15, 0.2) is 41.3 Å². The number of carbonyl (C=O) groups is 1. The van der Waals surface area contributed by atoms with Gasteiger partial charge in [0, 0.05) is 17.4 Å². The van der Waals surface area contributed by atoms with Crippen LogP contribution in [0.3, 0.4) is 0 Å². The summed E-state index contributed by atoms with van der Waals surface area (Å²) < 4.78 is 44.1. The number of alkyl halides is 3. The standard InChI is InChI=1S/C17H14F3NO3S/c1-9(22)21-13-7-10(17(18,19)20)3-6-15(13)25-16(21)12-8-11(24-2)4-5-14(12)23/h3-8,16,23H,1-2H3. The summed E-state index contributed by atoms with van der Waals surface area (Å²) in [5.74, 6) is -0.00460. The Labute approximate surface area is 146 Å². The number of ether oxygens (including phenoxy) is 1. The Kier molecular flexibility index (Phi) is 4.32. The fraction of sp³-hybridized carbons (Fsp3) is 0.235. The summed E-state index contributed by atoms with van der Waals surface area (Å²) >= 11 is 1.20. The van der Waals surface area contributed by atoms with Gasteiger partial charge < -0.3 is 9.84 Å². The zero-order valence-corrected chi connectivity index (χ0v) is 14.1. The number of fused-ring (bicyclic) bond motifs is 1. The molecule has 0 bridgehead atoms. The molecule has 1 atom stereocenters.